The molecule has 2 N–H and O–H groups in total. The fourth-order valence-corrected chi connectivity index (χ4v) is 8.00. The summed E-state index contributed by atoms with van der Waals surface area (Å²) in [6.07, 6.45) is 1.24. The summed E-state index contributed by atoms with van der Waals surface area (Å²) in [6.45, 7) is 0. The molecular weight excluding hydrogens is 719 g/mol. The van der Waals surface area contributed by atoms with Crippen molar-refractivity contribution in [3.05, 3.63) is 122 Å². The minimum atomic E-state index is -3.88. The Bertz CT molecular complexity index is 2200. The van der Waals surface area contributed by atoms with Crippen molar-refractivity contribution in [2.75, 3.05) is 16.4 Å². The number of carbonyl (C=O) groups is 2. The van der Waals surface area contributed by atoms with Crippen LogP contribution in [-0.4, -0.2) is 34.4 Å². The van der Waals surface area contributed by atoms with Crippen molar-refractivity contribution in [1.29, 1.82) is 0 Å². The molecule has 6 rings (SSSR count). The Kier molecular flexibility index (Phi) is 11.5. The smallest absolute Gasteiger partial charge is 0.256 e. The van der Waals surface area contributed by atoms with Crippen molar-refractivity contribution in [2.45, 2.75) is 31.1 Å². The molecule has 2 amide bonds. The molecule has 0 atom stereocenters. The number of benzene rings is 4. The van der Waals surface area contributed by atoms with E-state index in [0.717, 1.165) is 29.7 Å². The highest BCUT2D eigenvalue weighted by Gasteiger charge is 2.33. The van der Waals surface area contributed by atoms with Crippen LogP contribution in [-0.2, 0) is 26.1 Å². The van der Waals surface area contributed by atoms with Crippen LogP contribution in [0.2, 0.25) is 10.0 Å². The molecule has 254 valence electrons. The largest absolute Gasteiger partial charge is 0.322 e. The van der Waals surface area contributed by atoms with Gasteiger partial charge in [0.05, 0.1) is 15.8 Å². The summed E-state index contributed by atoms with van der Waals surface area (Å²) in [5, 5.41) is 5.47. The Morgan fingerprint density at radius 3 is 1.62 bits per heavy atom. The third kappa shape index (κ3) is 7.57. The molecule has 0 saturated carbocycles. The molecule has 0 radical (unpaired) electrons. The zero-order chi connectivity index (χ0) is 33.6. The molecule has 0 unspecified atom stereocenters. The Balaban J connectivity index is 0.000000250. The molecule has 0 spiro atoms. The monoisotopic (exact) mass is 744 g/mol. The number of carbonyl (C=O) groups excluding carboxylic acids is 2. The lowest BCUT2D eigenvalue weighted by Gasteiger charge is -2.10. The lowest BCUT2D eigenvalue weighted by Crippen LogP contribution is -2.15. The van der Waals surface area contributed by atoms with Gasteiger partial charge in [0.15, 0.2) is 9.84 Å². The van der Waals surface area contributed by atoms with Crippen LogP contribution < -0.4 is 10.6 Å². The van der Waals surface area contributed by atoms with Gasteiger partial charge in [-0.05, 0) is 78.7 Å². The summed E-state index contributed by atoms with van der Waals surface area (Å²) >= 11 is 11.3. The molecule has 0 fully saturated rings. The van der Waals surface area contributed by atoms with Crippen molar-refractivity contribution >= 4 is 72.1 Å². The number of hydrogen-bond acceptors (Lipinski definition) is 6. The van der Waals surface area contributed by atoms with Gasteiger partial charge in [0.1, 0.15) is 33.1 Å². The van der Waals surface area contributed by atoms with E-state index in [1.807, 2.05) is 0 Å². The molecule has 48 heavy (non-hydrogen) atoms. The molecule has 2 aliphatic heterocycles. The van der Waals surface area contributed by atoms with Gasteiger partial charge in [0.2, 0.25) is 9.84 Å². The number of anilines is 2. The minimum absolute atomic E-state index is 0. The first-order valence-electron chi connectivity index (χ1n) is 12.9. The molecule has 0 aromatic heterocycles. The van der Waals surface area contributed by atoms with Crippen LogP contribution in [0.4, 0.5) is 28.9 Å². The second-order valence-corrected chi connectivity index (χ2v) is 14.5. The number of nitrogens with one attached hydrogen (secondary N) is 2. The van der Waals surface area contributed by atoms with E-state index in [2.05, 4.69) is 10.6 Å². The predicted molar refractivity (Wildman–Crippen MR) is 177 cm³/mol. The van der Waals surface area contributed by atoms with Crippen LogP contribution in [0.15, 0.2) is 75.9 Å². The van der Waals surface area contributed by atoms with Gasteiger partial charge >= 0.3 is 0 Å². The van der Waals surface area contributed by atoms with Crippen LogP contribution in [0.3, 0.4) is 0 Å². The SMILES string of the molecule is C.C.O=C(Nc1ccc(F)c(Cl)c1)c1ccc(F)c2c1C=CS2(=O)=O.O=C(Nc1ccc(F)c(Cl)c1)c1ccc(F)c2c1CCS2(=O)=O. The van der Waals surface area contributed by atoms with Gasteiger partial charge < -0.3 is 10.6 Å². The number of amides is 2. The van der Waals surface area contributed by atoms with Crippen LogP contribution in [0.25, 0.3) is 6.08 Å². The second kappa shape index (κ2) is 14.5. The fourth-order valence-electron chi connectivity index (χ4n) is 4.73. The van der Waals surface area contributed by atoms with Crippen molar-refractivity contribution in [1.82, 2.24) is 0 Å². The number of fused-ring (bicyclic) bond motifs is 2. The third-order valence-corrected chi connectivity index (χ3v) is 10.7. The number of halogens is 6. The van der Waals surface area contributed by atoms with Crippen molar-refractivity contribution in [3.63, 3.8) is 0 Å². The van der Waals surface area contributed by atoms with E-state index in [1.54, 1.807) is 0 Å². The van der Waals surface area contributed by atoms with Crippen molar-refractivity contribution < 1.29 is 44.0 Å². The highest BCUT2D eigenvalue weighted by Crippen LogP contribution is 2.33. The normalized spacial score (nSPS) is 14.3. The van der Waals surface area contributed by atoms with Crippen LogP contribution in [0.5, 0.6) is 0 Å². The average Bonchev–Trinajstić information content (AvgIpc) is 3.49. The van der Waals surface area contributed by atoms with E-state index in [4.69, 9.17) is 23.2 Å². The van der Waals surface area contributed by atoms with Gasteiger partial charge in [-0.15, -0.1) is 0 Å². The lowest BCUT2D eigenvalue weighted by atomic mass is 10.0. The summed E-state index contributed by atoms with van der Waals surface area (Å²) in [6, 6.07) is 11.5. The summed E-state index contributed by atoms with van der Waals surface area (Å²) in [5.41, 5.74) is 0.679. The van der Waals surface area contributed by atoms with E-state index >= 15 is 0 Å². The first-order valence-corrected chi connectivity index (χ1v) is 16.9. The lowest BCUT2D eigenvalue weighted by molar-refractivity contribution is 0.101. The third-order valence-electron chi connectivity index (χ3n) is 6.83. The number of hydrogen-bond donors (Lipinski definition) is 2. The van der Waals surface area contributed by atoms with Crippen molar-refractivity contribution in [2.24, 2.45) is 0 Å². The maximum absolute atomic E-state index is 13.8. The zero-order valence-corrected chi connectivity index (χ0v) is 26.0. The highest BCUT2D eigenvalue weighted by atomic mass is 35.5. The van der Waals surface area contributed by atoms with Gasteiger partial charge in [-0.3, -0.25) is 9.59 Å². The van der Waals surface area contributed by atoms with E-state index < -0.39 is 64.5 Å². The standard InChI is InChI=1S/C15H10ClF2NO3S.C15H8ClF2NO3S.2CH4/c2*16-11-7-8(1-3-12(11)17)19-15(20)10-2-4-13(18)14-9(10)5-6-23(14,21)22;;/h1-4,7H,5-6H2,(H,19,20);1-7H,(H,19,20);2*1H4. The van der Waals surface area contributed by atoms with E-state index in [9.17, 15) is 44.0 Å². The molecule has 0 bridgehead atoms. The van der Waals surface area contributed by atoms with E-state index in [1.165, 1.54) is 42.5 Å². The summed E-state index contributed by atoms with van der Waals surface area (Å²) in [7, 11) is -7.59. The molecule has 0 saturated heterocycles. The molecule has 2 heterocycles. The summed E-state index contributed by atoms with van der Waals surface area (Å²) < 4.78 is 101. The van der Waals surface area contributed by atoms with Crippen molar-refractivity contribution in [3.8, 4) is 0 Å². The Hall–Kier alpha value is -4.24. The molecule has 4 aromatic rings. The number of sulfone groups is 2. The van der Waals surface area contributed by atoms with Crippen LogP contribution in [0.1, 0.15) is 46.7 Å². The molecule has 8 nitrogen and oxygen atoms in total. The summed E-state index contributed by atoms with van der Waals surface area (Å²) in [5.74, 6) is -4.55. The Labute approximate surface area is 284 Å². The topological polar surface area (TPSA) is 126 Å². The molecule has 0 aliphatic carbocycles. The maximum atomic E-state index is 13.8. The first kappa shape index (κ1) is 38.2. The predicted octanol–water partition coefficient (Wildman–Crippen LogP) is 8.10. The Morgan fingerprint density at radius 2 is 1.10 bits per heavy atom. The Morgan fingerprint density at radius 1 is 0.646 bits per heavy atom. The van der Waals surface area contributed by atoms with Gasteiger partial charge in [0.25, 0.3) is 11.8 Å². The first-order chi connectivity index (χ1) is 21.6. The minimum Gasteiger partial charge on any atom is -0.322 e. The average molecular weight is 746 g/mol. The fraction of sp³-hybridized carbons (Fsp3) is 0.125. The molecule has 2 aliphatic rings. The second-order valence-electron chi connectivity index (χ2n) is 9.82. The van der Waals surface area contributed by atoms with Gasteiger partial charge in [-0.1, -0.05) is 38.1 Å². The number of rotatable bonds is 4. The van der Waals surface area contributed by atoms with Crippen LogP contribution in [0, 0.1) is 23.3 Å². The highest BCUT2D eigenvalue weighted by molar-refractivity contribution is 7.94. The zero-order valence-electron chi connectivity index (χ0n) is 22.9. The van der Waals surface area contributed by atoms with E-state index in [-0.39, 0.29) is 70.7 Å². The molecular formula is C32H26Cl2F4N2O6S2. The van der Waals surface area contributed by atoms with Gasteiger partial charge in [-0.25, -0.2) is 34.4 Å². The molecule has 16 heteroatoms. The van der Waals surface area contributed by atoms with Gasteiger partial charge in [0, 0.05) is 33.5 Å². The van der Waals surface area contributed by atoms with E-state index in [0.29, 0.717) is 0 Å². The maximum Gasteiger partial charge on any atom is 0.256 e. The van der Waals surface area contributed by atoms with Gasteiger partial charge in [-0.2, -0.15) is 0 Å². The molecule has 4 aromatic carbocycles. The van der Waals surface area contributed by atoms with Crippen LogP contribution >= 0.6 is 23.2 Å². The summed E-state index contributed by atoms with van der Waals surface area (Å²) in [4.78, 5) is 23.7. The quantitative estimate of drug-likeness (QED) is 0.204.